The second-order valence-electron chi connectivity index (χ2n) is 10.3. The SMILES string of the molecule is CCC(C)c1ccc2c(c1)C1(CCCCC1)c1cc(C)cc3c4cc(C)ccc4n-2c13. The third-order valence-corrected chi connectivity index (χ3v) is 8.34. The van der Waals surface area contributed by atoms with E-state index in [-0.39, 0.29) is 5.41 Å². The van der Waals surface area contributed by atoms with Crippen LogP contribution in [0.3, 0.4) is 0 Å². The van der Waals surface area contributed by atoms with Crippen molar-refractivity contribution in [3.05, 3.63) is 76.3 Å². The van der Waals surface area contributed by atoms with Crippen LogP contribution in [0.5, 0.6) is 0 Å². The van der Waals surface area contributed by atoms with E-state index in [1.165, 1.54) is 82.7 Å². The summed E-state index contributed by atoms with van der Waals surface area (Å²) < 4.78 is 2.59. The van der Waals surface area contributed by atoms with Gasteiger partial charge in [0.05, 0.1) is 16.7 Å². The lowest BCUT2D eigenvalue weighted by Crippen LogP contribution is -2.35. The first-order valence-electron chi connectivity index (χ1n) is 12.2. The molecule has 158 valence electrons. The Morgan fingerprint density at radius 3 is 2.39 bits per heavy atom. The van der Waals surface area contributed by atoms with Crippen LogP contribution in [0.1, 0.15) is 86.1 Å². The molecular weight excluding hydrogens is 374 g/mol. The molecule has 1 saturated carbocycles. The molecule has 6 rings (SSSR count). The van der Waals surface area contributed by atoms with Crippen molar-refractivity contribution in [2.24, 2.45) is 0 Å². The molecular formula is C30H33N. The summed E-state index contributed by atoms with van der Waals surface area (Å²) in [6.07, 6.45) is 7.80. The standard InChI is InChI=1S/C30H33N/c1-5-21(4)22-10-12-28-25(18-22)30(13-7-6-8-14-30)26-17-20(3)16-24-23-15-19(2)9-11-27(23)31(28)29(24)26/h9-12,15-18,21H,5-8,13-14H2,1-4H3. The highest BCUT2D eigenvalue weighted by atomic mass is 15.0. The minimum Gasteiger partial charge on any atom is -0.309 e. The summed E-state index contributed by atoms with van der Waals surface area (Å²) in [7, 11) is 0. The Bertz CT molecular complexity index is 1330. The molecule has 1 heteroatoms. The van der Waals surface area contributed by atoms with Crippen molar-refractivity contribution in [2.45, 2.75) is 77.6 Å². The maximum atomic E-state index is 2.59. The summed E-state index contributed by atoms with van der Waals surface area (Å²) in [5, 5.41) is 2.85. The molecule has 1 aromatic heterocycles. The molecule has 3 aromatic carbocycles. The van der Waals surface area contributed by atoms with Crippen molar-refractivity contribution in [3.63, 3.8) is 0 Å². The van der Waals surface area contributed by atoms with Gasteiger partial charge in [-0.3, -0.25) is 0 Å². The van der Waals surface area contributed by atoms with Crippen LogP contribution in [0, 0.1) is 13.8 Å². The van der Waals surface area contributed by atoms with Crippen LogP contribution in [-0.2, 0) is 5.41 Å². The van der Waals surface area contributed by atoms with E-state index in [1.54, 1.807) is 11.1 Å². The summed E-state index contributed by atoms with van der Waals surface area (Å²) in [5.41, 5.74) is 11.8. The van der Waals surface area contributed by atoms with Crippen molar-refractivity contribution in [1.82, 2.24) is 4.57 Å². The normalized spacial score (nSPS) is 17.9. The molecule has 2 aliphatic rings. The maximum Gasteiger partial charge on any atom is 0.0582 e. The van der Waals surface area contributed by atoms with Crippen LogP contribution < -0.4 is 0 Å². The van der Waals surface area contributed by atoms with E-state index in [9.17, 15) is 0 Å². The number of aryl methyl sites for hydroxylation is 2. The molecule has 0 amide bonds. The average molecular weight is 408 g/mol. The van der Waals surface area contributed by atoms with E-state index >= 15 is 0 Å². The van der Waals surface area contributed by atoms with Crippen LogP contribution >= 0.6 is 0 Å². The van der Waals surface area contributed by atoms with Gasteiger partial charge in [0.25, 0.3) is 0 Å². The van der Waals surface area contributed by atoms with Crippen LogP contribution in [0.2, 0.25) is 0 Å². The van der Waals surface area contributed by atoms with E-state index in [2.05, 4.69) is 80.8 Å². The summed E-state index contributed by atoms with van der Waals surface area (Å²) >= 11 is 0. The van der Waals surface area contributed by atoms with Gasteiger partial charge in [0, 0.05) is 16.2 Å². The fourth-order valence-corrected chi connectivity index (χ4v) is 6.53. The number of hydrogen-bond donors (Lipinski definition) is 0. The zero-order chi connectivity index (χ0) is 21.3. The molecule has 0 N–H and O–H groups in total. The van der Waals surface area contributed by atoms with E-state index < -0.39 is 0 Å². The Morgan fingerprint density at radius 1 is 0.839 bits per heavy atom. The Hall–Kier alpha value is -2.54. The highest BCUT2D eigenvalue weighted by Gasteiger charge is 2.43. The number of fused-ring (bicyclic) bond motifs is 7. The first-order valence-corrected chi connectivity index (χ1v) is 12.2. The van der Waals surface area contributed by atoms with E-state index in [4.69, 9.17) is 0 Å². The number of benzene rings is 3. The van der Waals surface area contributed by atoms with Gasteiger partial charge in [-0.15, -0.1) is 0 Å². The molecule has 1 unspecified atom stereocenters. The lowest BCUT2D eigenvalue weighted by atomic mass is 9.62. The highest BCUT2D eigenvalue weighted by Crippen LogP contribution is 2.54. The number of hydrogen-bond acceptors (Lipinski definition) is 0. The molecule has 1 nitrogen and oxygen atoms in total. The predicted octanol–water partition coefficient (Wildman–Crippen LogP) is 8.48. The molecule has 0 bridgehead atoms. The fourth-order valence-electron chi connectivity index (χ4n) is 6.53. The van der Waals surface area contributed by atoms with Crippen molar-refractivity contribution in [1.29, 1.82) is 0 Å². The predicted molar refractivity (Wildman–Crippen MR) is 133 cm³/mol. The summed E-state index contributed by atoms with van der Waals surface area (Å²) in [5.74, 6) is 0.605. The van der Waals surface area contributed by atoms with Crippen LogP contribution in [0.25, 0.3) is 27.5 Å². The monoisotopic (exact) mass is 407 g/mol. The molecule has 1 aliphatic heterocycles. The third kappa shape index (κ3) is 2.56. The minimum atomic E-state index is 0.167. The zero-order valence-electron chi connectivity index (χ0n) is 19.4. The second-order valence-corrected chi connectivity index (χ2v) is 10.3. The van der Waals surface area contributed by atoms with Crippen molar-refractivity contribution in [2.75, 3.05) is 0 Å². The first kappa shape index (κ1) is 19.2. The van der Waals surface area contributed by atoms with Gasteiger partial charge in [0.2, 0.25) is 0 Å². The average Bonchev–Trinajstić information content (AvgIpc) is 3.11. The fraction of sp³-hybridized carbons (Fsp3) is 0.400. The second kappa shape index (κ2) is 6.73. The quantitative estimate of drug-likeness (QED) is 0.314. The molecule has 1 spiro atoms. The largest absolute Gasteiger partial charge is 0.309 e. The van der Waals surface area contributed by atoms with Gasteiger partial charge < -0.3 is 4.57 Å². The third-order valence-electron chi connectivity index (χ3n) is 8.34. The van der Waals surface area contributed by atoms with Crippen molar-refractivity contribution >= 4 is 21.8 Å². The topological polar surface area (TPSA) is 4.93 Å². The summed E-state index contributed by atoms with van der Waals surface area (Å²) in [6.45, 7) is 9.19. The first-order chi connectivity index (χ1) is 15.0. The molecule has 0 saturated heterocycles. The van der Waals surface area contributed by atoms with Gasteiger partial charge in [-0.2, -0.15) is 0 Å². The minimum absolute atomic E-state index is 0.167. The van der Waals surface area contributed by atoms with Crippen molar-refractivity contribution < 1.29 is 0 Å². The molecule has 1 fully saturated rings. The van der Waals surface area contributed by atoms with Gasteiger partial charge in [-0.05, 0) is 80.0 Å². The van der Waals surface area contributed by atoms with Gasteiger partial charge in [0.15, 0.2) is 0 Å². The van der Waals surface area contributed by atoms with E-state index in [0.29, 0.717) is 5.92 Å². The number of aromatic nitrogens is 1. The van der Waals surface area contributed by atoms with Crippen LogP contribution in [0.4, 0.5) is 0 Å². The summed E-state index contributed by atoms with van der Waals surface area (Å²) in [6, 6.07) is 19.4. The molecule has 1 aliphatic carbocycles. The summed E-state index contributed by atoms with van der Waals surface area (Å²) in [4.78, 5) is 0. The molecule has 1 atom stereocenters. The van der Waals surface area contributed by atoms with Gasteiger partial charge in [-0.25, -0.2) is 0 Å². The molecule has 31 heavy (non-hydrogen) atoms. The van der Waals surface area contributed by atoms with Gasteiger partial charge >= 0.3 is 0 Å². The smallest absolute Gasteiger partial charge is 0.0582 e. The molecule has 4 aromatic rings. The Kier molecular flexibility index (Phi) is 4.16. The highest BCUT2D eigenvalue weighted by molar-refractivity contribution is 6.12. The molecule has 0 radical (unpaired) electrons. The van der Waals surface area contributed by atoms with E-state index in [0.717, 1.165) is 0 Å². The van der Waals surface area contributed by atoms with Gasteiger partial charge in [0.1, 0.15) is 0 Å². The number of rotatable bonds is 2. The number of nitrogens with zero attached hydrogens (tertiary/aromatic N) is 1. The van der Waals surface area contributed by atoms with Gasteiger partial charge in [-0.1, -0.05) is 68.5 Å². The Balaban J connectivity index is 1.80. The maximum absolute atomic E-state index is 2.59. The lowest BCUT2D eigenvalue weighted by molar-refractivity contribution is 0.344. The van der Waals surface area contributed by atoms with Crippen LogP contribution in [0.15, 0.2) is 48.5 Å². The Labute approximate surface area is 186 Å². The van der Waals surface area contributed by atoms with Crippen molar-refractivity contribution in [3.8, 4) is 5.69 Å². The lowest BCUT2D eigenvalue weighted by Gasteiger charge is -2.43. The molecule has 2 heterocycles. The van der Waals surface area contributed by atoms with Crippen LogP contribution in [-0.4, -0.2) is 4.57 Å². The van der Waals surface area contributed by atoms with E-state index in [1.807, 2.05) is 0 Å². The zero-order valence-corrected chi connectivity index (χ0v) is 19.4. The Morgan fingerprint density at radius 2 is 1.61 bits per heavy atom.